The molecular weight excluding hydrogens is 357 g/mol. The smallest absolute Gasteiger partial charge is 0.262 e. The third-order valence-electron chi connectivity index (χ3n) is 4.06. The van der Waals surface area contributed by atoms with Gasteiger partial charge in [-0.05, 0) is 42.2 Å². The van der Waals surface area contributed by atoms with Gasteiger partial charge in [0.25, 0.3) is 5.91 Å². The zero-order valence-corrected chi connectivity index (χ0v) is 15.8. The lowest BCUT2D eigenvalue weighted by Crippen LogP contribution is -2.21. The van der Waals surface area contributed by atoms with Crippen molar-refractivity contribution in [3.05, 3.63) is 53.8 Å². The minimum absolute atomic E-state index is 0.0720. The molecule has 2 rings (SSSR count). The molecule has 0 aromatic heterocycles. The first-order chi connectivity index (χ1) is 12.2. The van der Waals surface area contributed by atoms with Gasteiger partial charge in [-0.1, -0.05) is 32.0 Å². The topological polar surface area (TPSA) is 72.5 Å². The lowest BCUT2D eigenvalue weighted by molar-refractivity contribution is -0.118. The van der Waals surface area contributed by atoms with Crippen molar-refractivity contribution in [3.63, 3.8) is 0 Å². The van der Waals surface area contributed by atoms with Crippen LogP contribution in [-0.2, 0) is 14.6 Å². The van der Waals surface area contributed by atoms with Crippen molar-refractivity contribution in [1.29, 1.82) is 0 Å². The molecule has 0 aliphatic carbocycles. The van der Waals surface area contributed by atoms with Gasteiger partial charge in [-0.3, -0.25) is 4.79 Å². The van der Waals surface area contributed by atoms with Crippen molar-refractivity contribution in [2.24, 2.45) is 0 Å². The Bertz CT molecular complexity index is 896. The third kappa shape index (κ3) is 5.05. The van der Waals surface area contributed by atoms with E-state index in [0.717, 1.165) is 36.4 Å². The van der Waals surface area contributed by atoms with E-state index in [-0.39, 0.29) is 23.1 Å². The van der Waals surface area contributed by atoms with Crippen LogP contribution >= 0.6 is 0 Å². The van der Waals surface area contributed by atoms with E-state index in [1.54, 1.807) is 6.07 Å². The Kier molecular flexibility index (Phi) is 6.37. The summed E-state index contributed by atoms with van der Waals surface area (Å²) in [5.74, 6) is -0.417. The summed E-state index contributed by atoms with van der Waals surface area (Å²) in [4.78, 5) is 12.0. The zero-order chi connectivity index (χ0) is 19.3. The molecule has 1 amide bonds. The van der Waals surface area contributed by atoms with E-state index >= 15 is 0 Å². The lowest BCUT2D eigenvalue weighted by Gasteiger charge is -2.15. The molecule has 2 aromatic carbocycles. The van der Waals surface area contributed by atoms with Crippen molar-refractivity contribution in [2.75, 3.05) is 18.2 Å². The summed E-state index contributed by atoms with van der Waals surface area (Å²) in [7, 11) is -3.50. The average Bonchev–Trinajstić information content (AvgIpc) is 2.60. The minimum atomic E-state index is -3.50. The molecule has 0 saturated carbocycles. The fourth-order valence-corrected chi connectivity index (χ4v) is 3.05. The van der Waals surface area contributed by atoms with E-state index < -0.39 is 21.6 Å². The molecule has 0 radical (unpaired) electrons. The number of nitrogens with one attached hydrogen (secondary N) is 1. The van der Waals surface area contributed by atoms with Crippen LogP contribution in [0.25, 0.3) is 0 Å². The Hall–Kier alpha value is -2.41. The highest BCUT2D eigenvalue weighted by Gasteiger charge is 2.15. The van der Waals surface area contributed by atoms with Crippen LogP contribution in [0.15, 0.2) is 47.4 Å². The fraction of sp³-hybridized carbons (Fsp3) is 0.316. The molecule has 0 saturated heterocycles. The molecule has 140 valence electrons. The van der Waals surface area contributed by atoms with Gasteiger partial charge in [0.15, 0.2) is 16.4 Å². The van der Waals surface area contributed by atoms with Crippen molar-refractivity contribution < 1.29 is 22.3 Å². The first-order valence-corrected chi connectivity index (χ1v) is 10.1. The van der Waals surface area contributed by atoms with Gasteiger partial charge >= 0.3 is 0 Å². The number of amides is 1. The van der Waals surface area contributed by atoms with Crippen molar-refractivity contribution >= 4 is 21.4 Å². The highest BCUT2D eigenvalue weighted by atomic mass is 32.2. The van der Waals surface area contributed by atoms with Gasteiger partial charge in [-0.15, -0.1) is 0 Å². The van der Waals surface area contributed by atoms with Gasteiger partial charge in [0, 0.05) is 6.26 Å². The number of hydrogen-bond acceptors (Lipinski definition) is 4. The zero-order valence-electron chi connectivity index (χ0n) is 15.0. The summed E-state index contributed by atoms with van der Waals surface area (Å²) in [6.07, 6.45) is 1.94. The number of carbonyl (C=O) groups is 1. The van der Waals surface area contributed by atoms with Crippen molar-refractivity contribution in [1.82, 2.24) is 0 Å². The highest BCUT2D eigenvalue weighted by Crippen LogP contribution is 2.28. The second kappa shape index (κ2) is 8.31. The van der Waals surface area contributed by atoms with Gasteiger partial charge < -0.3 is 10.1 Å². The van der Waals surface area contributed by atoms with Crippen LogP contribution in [0.5, 0.6) is 5.75 Å². The quantitative estimate of drug-likeness (QED) is 0.744. The lowest BCUT2D eigenvalue weighted by atomic mass is 9.98. The van der Waals surface area contributed by atoms with Crippen molar-refractivity contribution in [3.8, 4) is 5.75 Å². The predicted molar refractivity (Wildman–Crippen MR) is 98.8 cm³/mol. The maximum Gasteiger partial charge on any atom is 0.262 e. The predicted octanol–water partition coefficient (Wildman–Crippen LogP) is 3.76. The number of benzene rings is 2. The number of halogens is 1. The van der Waals surface area contributed by atoms with Gasteiger partial charge in [-0.2, -0.15) is 0 Å². The molecule has 7 heteroatoms. The summed E-state index contributed by atoms with van der Waals surface area (Å²) in [6.45, 7) is 3.82. The molecular formula is C19H22FNO4S. The average molecular weight is 379 g/mol. The van der Waals surface area contributed by atoms with E-state index in [1.165, 1.54) is 0 Å². The first-order valence-electron chi connectivity index (χ1n) is 8.23. The Morgan fingerprint density at radius 2 is 1.92 bits per heavy atom. The van der Waals surface area contributed by atoms with Crippen LogP contribution in [0.4, 0.5) is 10.1 Å². The Balaban J connectivity index is 2.09. The highest BCUT2D eigenvalue weighted by molar-refractivity contribution is 7.90. The molecule has 1 atom stereocenters. The molecule has 0 heterocycles. The van der Waals surface area contributed by atoms with E-state index in [0.29, 0.717) is 5.75 Å². The molecule has 2 aromatic rings. The Morgan fingerprint density at radius 1 is 1.23 bits per heavy atom. The van der Waals surface area contributed by atoms with Crippen molar-refractivity contribution in [2.45, 2.75) is 31.1 Å². The summed E-state index contributed by atoms with van der Waals surface area (Å²) < 4.78 is 42.6. The third-order valence-corrected chi connectivity index (χ3v) is 5.17. The molecule has 0 aliphatic heterocycles. The second-order valence-corrected chi connectivity index (χ2v) is 8.11. The molecule has 0 fully saturated rings. The number of carbonyl (C=O) groups excluding carboxylic acids is 1. The summed E-state index contributed by atoms with van der Waals surface area (Å²) in [5, 5.41) is 2.35. The van der Waals surface area contributed by atoms with Crippen LogP contribution < -0.4 is 10.1 Å². The van der Waals surface area contributed by atoms with Crippen LogP contribution in [0.1, 0.15) is 31.7 Å². The molecule has 0 aliphatic rings. The number of rotatable bonds is 7. The van der Waals surface area contributed by atoms with Gasteiger partial charge in [0.1, 0.15) is 11.6 Å². The monoisotopic (exact) mass is 379 g/mol. The summed E-state index contributed by atoms with van der Waals surface area (Å²) in [6, 6.07) is 10.7. The van der Waals surface area contributed by atoms with E-state index in [2.05, 4.69) is 19.2 Å². The van der Waals surface area contributed by atoms with Crippen LogP contribution in [-0.4, -0.2) is 27.2 Å². The van der Waals surface area contributed by atoms with Crippen LogP contribution in [0.3, 0.4) is 0 Å². The number of para-hydroxylation sites is 1. The Labute approximate surface area is 153 Å². The fourth-order valence-electron chi connectivity index (χ4n) is 2.40. The number of hydrogen-bond donors (Lipinski definition) is 1. The van der Waals surface area contributed by atoms with E-state index in [9.17, 15) is 17.6 Å². The largest absolute Gasteiger partial charge is 0.483 e. The maximum atomic E-state index is 13.8. The summed E-state index contributed by atoms with van der Waals surface area (Å²) in [5.41, 5.74) is 0.796. The molecule has 0 bridgehead atoms. The number of sulfone groups is 1. The summed E-state index contributed by atoms with van der Waals surface area (Å²) >= 11 is 0. The molecule has 26 heavy (non-hydrogen) atoms. The number of anilines is 1. The van der Waals surface area contributed by atoms with E-state index in [4.69, 9.17) is 4.74 Å². The van der Waals surface area contributed by atoms with Gasteiger partial charge in [0.05, 0.1) is 10.6 Å². The van der Waals surface area contributed by atoms with Gasteiger partial charge in [0.2, 0.25) is 0 Å². The molecule has 0 spiro atoms. The molecule has 1 N–H and O–H groups in total. The molecule has 1 unspecified atom stereocenters. The van der Waals surface area contributed by atoms with Gasteiger partial charge in [-0.25, -0.2) is 12.8 Å². The Morgan fingerprint density at radius 3 is 2.58 bits per heavy atom. The van der Waals surface area contributed by atoms with Crippen LogP contribution in [0.2, 0.25) is 0 Å². The second-order valence-electron chi connectivity index (χ2n) is 6.10. The van der Waals surface area contributed by atoms with Crippen LogP contribution in [0, 0.1) is 5.82 Å². The van der Waals surface area contributed by atoms with E-state index in [1.807, 2.05) is 18.2 Å². The first kappa shape index (κ1) is 19.9. The molecule has 5 nitrogen and oxygen atoms in total. The maximum absolute atomic E-state index is 13.8. The number of ether oxygens (including phenoxy) is 1. The SMILES string of the molecule is CCC(C)c1ccccc1OCC(=O)Nc1cc(S(C)(=O)=O)ccc1F. The standard InChI is InChI=1S/C19H22FNO4S/c1-4-13(2)15-7-5-6-8-18(15)25-12-19(22)21-17-11-14(26(3,23)24)9-10-16(17)20/h5-11,13H,4,12H2,1-3H3,(H,21,22). The minimum Gasteiger partial charge on any atom is -0.483 e. The normalized spacial score (nSPS) is 12.5.